The molecule has 0 spiro atoms. The van der Waals surface area contributed by atoms with E-state index in [2.05, 4.69) is 0 Å². The van der Waals surface area contributed by atoms with E-state index in [0.29, 0.717) is 5.69 Å². The zero-order valence-corrected chi connectivity index (χ0v) is 7.16. The van der Waals surface area contributed by atoms with Crippen LogP contribution in [0.15, 0.2) is 23.1 Å². The van der Waals surface area contributed by atoms with Crippen LogP contribution in [0.25, 0.3) is 0 Å². The molecule has 1 aromatic heterocycles. The fourth-order valence-corrected chi connectivity index (χ4v) is 0.618. The minimum Gasteiger partial charge on any atom is -0.394 e. The molecule has 0 saturated heterocycles. The van der Waals surface area contributed by atoms with E-state index in [0.717, 1.165) is 0 Å². The first-order valence-corrected chi connectivity index (χ1v) is 3.63. The minimum atomic E-state index is -0.141. The van der Waals surface area contributed by atoms with E-state index in [1.54, 1.807) is 25.4 Å². The van der Waals surface area contributed by atoms with Crippen LogP contribution in [0.5, 0.6) is 0 Å². The summed E-state index contributed by atoms with van der Waals surface area (Å²) >= 11 is 0. The van der Waals surface area contributed by atoms with Gasteiger partial charge in [-0.3, -0.25) is 4.79 Å². The summed E-state index contributed by atoms with van der Waals surface area (Å²) in [6.45, 7) is 4.00. The van der Waals surface area contributed by atoms with Gasteiger partial charge in [0.05, 0.1) is 5.69 Å². The first-order valence-electron chi connectivity index (χ1n) is 3.63. The smallest absolute Gasteiger partial charge is 0.273 e. The molecule has 1 aromatic rings. The average molecular weight is 154 g/mol. The van der Waals surface area contributed by atoms with Gasteiger partial charge < -0.3 is 10.3 Å². The highest BCUT2D eigenvalue weighted by Gasteiger charge is 1.90. The van der Waals surface area contributed by atoms with E-state index in [9.17, 15) is 4.79 Å². The van der Waals surface area contributed by atoms with E-state index in [1.165, 1.54) is 4.57 Å². The molecule has 0 saturated carbocycles. The quantitative estimate of drug-likeness (QED) is 0.606. The summed E-state index contributed by atoms with van der Waals surface area (Å²) in [6, 6.07) is 3.32. The Morgan fingerprint density at radius 2 is 2.00 bits per heavy atom. The van der Waals surface area contributed by atoms with E-state index in [4.69, 9.17) is 5.73 Å². The molecule has 0 aliphatic rings. The highest BCUT2D eigenvalue weighted by atomic mass is 16.1. The van der Waals surface area contributed by atoms with Crippen LogP contribution < -0.4 is 11.3 Å². The number of nitrogens with zero attached hydrogens (tertiary/aromatic N) is 1. The highest BCUT2D eigenvalue weighted by molar-refractivity contribution is 5.33. The number of hydrogen-bond donors (Lipinski definition) is 1. The SMILES string of the molecule is CC.Cn1cccc(N)c1=O. The van der Waals surface area contributed by atoms with Crippen molar-refractivity contribution in [3.8, 4) is 0 Å². The Morgan fingerprint density at radius 1 is 1.45 bits per heavy atom. The van der Waals surface area contributed by atoms with Gasteiger partial charge in [0.15, 0.2) is 0 Å². The molecule has 3 heteroatoms. The summed E-state index contributed by atoms with van der Waals surface area (Å²) in [5, 5.41) is 0. The lowest BCUT2D eigenvalue weighted by atomic mass is 10.4. The largest absolute Gasteiger partial charge is 0.394 e. The summed E-state index contributed by atoms with van der Waals surface area (Å²) in [7, 11) is 1.67. The van der Waals surface area contributed by atoms with Crippen LogP contribution in [0.2, 0.25) is 0 Å². The van der Waals surface area contributed by atoms with Crippen molar-refractivity contribution in [3.63, 3.8) is 0 Å². The van der Waals surface area contributed by atoms with Crippen molar-refractivity contribution in [2.75, 3.05) is 5.73 Å². The molecule has 2 N–H and O–H groups in total. The summed E-state index contributed by atoms with van der Waals surface area (Å²) < 4.78 is 1.44. The molecule has 0 aromatic carbocycles. The molecule has 0 fully saturated rings. The minimum absolute atomic E-state index is 0.141. The van der Waals surface area contributed by atoms with Crippen LogP contribution in [0.1, 0.15) is 13.8 Å². The number of hydrogen-bond acceptors (Lipinski definition) is 2. The molecule has 0 aliphatic carbocycles. The summed E-state index contributed by atoms with van der Waals surface area (Å²) in [6.07, 6.45) is 1.67. The Balaban J connectivity index is 0.000000461. The molecule has 0 bridgehead atoms. The van der Waals surface area contributed by atoms with Gasteiger partial charge in [0.2, 0.25) is 0 Å². The molecule has 0 radical (unpaired) electrons. The van der Waals surface area contributed by atoms with Crippen molar-refractivity contribution in [1.82, 2.24) is 4.57 Å². The fraction of sp³-hybridized carbons (Fsp3) is 0.375. The first kappa shape index (κ1) is 9.75. The van der Waals surface area contributed by atoms with Crippen molar-refractivity contribution in [1.29, 1.82) is 0 Å². The molecule has 11 heavy (non-hydrogen) atoms. The first-order chi connectivity index (χ1) is 5.22. The molecule has 0 unspecified atom stereocenters. The lowest BCUT2D eigenvalue weighted by Gasteiger charge is -1.94. The van der Waals surface area contributed by atoms with Crippen LogP contribution in [-0.2, 0) is 7.05 Å². The summed E-state index contributed by atoms with van der Waals surface area (Å²) in [5.41, 5.74) is 5.44. The Hall–Kier alpha value is -1.25. The molecular formula is C8H14N2O. The van der Waals surface area contributed by atoms with Crippen LogP contribution in [-0.4, -0.2) is 4.57 Å². The monoisotopic (exact) mass is 154 g/mol. The van der Waals surface area contributed by atoms with Gasteiger partial charge in [-0.2, -0.15) is 0 Å². The van der Waals surface area contributed by atoms with Gasteiger partial charge in [0, 0.05) is 13.2 Å². The maximum absolute atomic E-state index is 10.8. The van der Waals surface area contributed by atoms with Crippen molar-refractivity contribution in [2.45, 2.75) is 13.8 Å². The van der Waals surface area contributed by atoms with Crippen LogP contribution >= 0.6 is 0 Å². The maximum Gasteiger partial charge on any atom is 0.273 e. The zero-order valence-electron chi connectivity index (χ0n) is 7.16. The molecule has 1 heterocycles. The second-order valence-electron chi connectivity index (χ2n) is 1.88. The number of nitrogen functional groups attached to an aromatic ring is 1. The van der Waals surface area contributed by atoms with Crippen LogP contribution in [0, 0.1) is 0 Å². The van der Waals surface area contributed by atoms with Gasteiger partial charge in [0.25, 0.3) is 5.56 Å². The molecule has 0 atom stereocenters. The predicted octanol–water partition coefficient (Wildman–Crippen LogP) is 0.994. The summed E-state index contributed by atoms with van der Waals surface area (Å²) in [5.74, 6) is 0. The highest BCUT2D eigenvalue weighted by Crippen LogP contribution is 1.87. The molecule has 62 valence electrons. The van der Waals surface area contributed by atoms with Gasteiger partial charge >= 0.3 is 0 Å². The van der Waals surface area contributed by atoms with E-state index < -0.39 is 0 Å². The van der Waals surface area contributed by atoms with E-state index >= 15 is 0 Å². The average Bonchev–Trinajstić information content (AvgIpc) is 2.04. The van der Waals surface area contributed by atoms with Gasteiger partial charge in [-0.1, -0.05) is 13.8 Å². The van der Waals surface area contributed by atoms with Gasteiger partial charge in [0.1, 0.15) is 0 Å². The standard InChI is InChI=1S/C6H8N2O.C2H6/c1-8-4-2-3-5(7)6(8)9;1-2/h2-4H,7H2,1H3;1-2H3. The Morgan fingerprint density at radius 3 is 2.36 bits per heavy atom. The van der Waals surface area contributed by atoms with Gasteiger partial charge in [-0.25, -0.2) is 0 Å². The Bertz CT molecular complexity index is 242. The lowest BCUT2D eigenvalue weighted by molar-refractivity contribution is 0.864. The third kappa shape index (κ3) is 2.45. The molecule has 1 rings (SSSR count). The lowest BCUT2D eigenvalue weighted by Crippen LogP contribution is -2.18. The van der Waals surface area contributed by atoms with Crippen molar-refractivity contribution in [2.24, 2.45) is 7.05 Å². The van der Waals surface area contributed by atoms with Crippen molar-refractivity contribution in [3.05, 3.63) is 28.7 Å². The Kier molecular flexibility index (Phi) is 4.03. The summed E-state index contributed by atoms with van der Waals surface area (Å²) in [4.78, 5) is 10.8. The number of nitrogens with two attached hydrogens (primary N) is 1. The molecule has 0 amide bonds. The normalized spacial score (nSPS) is 8.27. The van der Waals surface area contributed by atoms with Crippen molar-refractivity contribution < 1.29 is 0 Å². The second kappa shape index (κ2) is 4.55. The maximum atomic E-state index is 10.8. The number of rotatable bonds is 0. The zero-order chi connectivity index (χ0) is 8.85. The third-order valence-corrected chi connectivity index (χ3v) is 1.15. The van der Waals surface area contributed by atoms with Gasteiger partial charge in [-0.05, 0) is 12.1 Å². The molecular weight excluding hydrogens is 140 g/mol. The van der Waals surface area contributed by atoms with Crippen molar-refractivity contribution >= 4 is 5.69 Å². The number of anilines is 1. The van der Waals surface area contributed by atoms with E-state index in [1.807, 2.05) is 13.8 Å². The molecule has 3 nitrogen and oxygen atoms in total. The second-order valence-corrected chi connectivity index (χ2v) is 1.88. The molecule has 0 aliphatic heterocycles. The predicted molar refractivity (Wildman–Crippen MR) is 47.4 cm³/mol. The van der Waals surface area contributed by atoms with Crippen LogP contribution in [0.3, 0.4) is 0 Å². The third-order valence-electron chi connectivity index (χ3n) is 1.15. The van der Waals surface area contributed by atoms with Gasteiger partial charge in [-0.15, -0.1) is 0 Å². The topological polar surface area (TPSA) is 48.0 Å². The fourth-order valence-electron chi connectivity index (χ4n) is 0.618. The number of aromatic nitrogens is 1. The van der Waals surface area contributed by atoms with E-state index in [-0.39, 0.29) is 5.56 Å². The Labute approximate surface area is 66.5 Å². The number of pyridine rings is 1. The number of aryl methyl sites for hydroxylation is 1. The van der Waals surface area contributed by atoms with Crippen LogP contribution in [0.4, 0.5) is 5.69 Å².